The molecule has 2 nitrogen and oxygen atoms in total. The summed E-state index contributed by atoms with van der Waals surface area (Å²) < 4.78 is 11.7. The molecule has 0 bridgehead atoms. The van der Waals surface area contributed by atoms with Crippen molar-refractivity contribution in [3.63, 3.8) is 0 Å². The highest BCUT2D eigenvalue weighted by Crippen LogP contribution is 2.45. The molecule has 0 N–H and O–H groups in total. The van der Waals surface area contributed by atoms with E-state index in [4.69, 9.17) is 5.26 Å². The van der Waals surface area contributed by atoms with E-state index in [0.29, 0.717) is 12.3 Å². The maximum atomic E-state index is 11.7. The van der Waals surface area contributed by atoms with Gasteiger partial charge in [0.15, 0.2) is 7.14 Å². The van der Waals surface area contributed by atoms with Crippen molar-refractivity contribution in [1.82, 2.24) is 0 Å². The van der Waals surface area contributed by atoms with Crippen molar-refractivity contribution < 1.29 is 4.57 Å². The van der Waals surface area contributed by atoms with Crippen LogP contribution in [0.2, 0.25) is 0 Å². The SMILES string of the molecule is CCCCP(=O)(C#N)CCCC. The molecule has 0 aromatic rings. The van der Waals surface area contributed by atoms with E-state index in [1.165, 1.54) is 0 Å². The number of nitrogens with zero attached hydrogens (tertiary/aromatic N) is 1. The molecule has 0 aliphatic carbocycles. The summed E-state index contributed by atoms with van der Waals surface area (Å²) in [6.45, 7) is 4.11. The molecule has 0 aromatic carbocycles. The molecule has 12 heavy (non-hydrogen) atoms. The molecule has 0 aromatic heterocycles. The van der Waals surface area contributed by atoms with Crippen LogP contribution >= 0.6 is 7.14 Å². The van der Waals surface area contributed by atoms with E-state index in [1.54, 1.807) is 0 Å². The van der Waals surface area contributed by atoms with Gasteiger partial charge >= 0.3 is 0 Å². The molecular formula is C9H18NOP. The highest BCUT2D eigenvalue weighted by atomic mass is 31.2. The van der Waals surface area contributed by atoms with Gasteiger partial charge in [-0.25, -0.2) is 0 Å². The van der Waals surface area contributed by atoms with Crippen LogP contribution in [-0.4, -0.2) is 12.3 Å². The zero-order chi connectivity index (χ0) is 9.45. The average Bonchev–Trinajstić information content (AvgIpc) is 2.11. The molecule has 0 fully saturated rings. The number of hydrogen-bond donors (Lipinski definition) is 0. The van der Waals surface area contributed by atoms with E-state index >= 15 is 0 Å². The van der Waals surface area contributed by atoms with Gasteiger partial charge in [0.2, 0.25) is 0 Å². The van der Waals surface area contributed by atoms with Gasteiger partial charge in [0, 0.05) is 12.3 Å². The van der Waals surface area contributed by atoms with Crippen molar-refractivity contribution in [2.75, 3.05) is 12.3 Å². The molecule has 0 saturated carbocycles. The normalized spacial score (nSPS) is 11.1. The van der Waals surface area contributed by atoms with Crippen LogP contribution in [0.1, 0.15) is 39.5 Å². The fourth-order valence-electron chi connectivity index (χ4n) is 1.04. The number of hydrogen-bond acceptors (Lipinski definition) is 2. The molecule has 0 atom stereocenters. The predicted octanol–water partition coefficient (Wildman–Crippen LogP) is 3.43. The van der Waals surface area contributed by atoms with Crippen molar-refractivity contribution in [3.8, 4) is 5.81 Å². The molecule has 0 spiro atoms. The summed E-state index contributed by atoms with van der Waals surface area (Å²) in [6, 6.07) is 0. The largest absolute Gasteiger partial charge is 0.308 e. The van der Waals surface area contributed by atoms with Gasteiger partial charge in [0.25, 0.3) is 0 Å². The van der Waals surface area contributed by atoms with Crippen LogP contribution in [0.4, 0.5) is 0 Å². The van der Waals surface area contributed by atoms with E-state index < -0.39 is 7.14 Å². The lowest BCUT2D eigenvalue weighted by Gasteiger charge is -2.07. The Morgan fingerprint density at radius 3 is 1.83 bits per heavy atom. The summed E-state index contributed by atoms with van der Waals surface area (Å²) in [5, 5.41) is 8.73. The minimum absolute atomic E-state index is 0.625. The van der Waals surface area contributed by atoms with E-state index in [2.05, 4.69) is 13.8 Å². The molecule has 0 aliphatic rings. The summed E-state index contributed by atoms with van der Waals surface area (Å²) in [6.07, 6.45) is 5.15. The molecular weight excluding hydrogens is 169 g/mol. The Hall–Kier alpha value is -0.280. The van der Waals surface area contributed by atoms with Crippen LogP contribution in [0.15, 0.2) is 0 Å². The highest BCUT2D eigenvalue weighted by molar-refractivity contribution is 7.68. The molecule has 3 heteroatoms. The first-order valence-electron chi connectivity index (χ1n) is 4.68. The third-order valence-electron chi connectivity index (χ3n) is 1.93. The Morgan fingerprint density at radius 2 is 1.58 bits per heavy atom. The summed E-state index contributed by atoms with van der Waals surface area (Å²) in [5.74, 6) is 2.00. The fraction of sp³-hybridized carbons (Fsp3) is 0.889. The van der Waals surface area contributed by atoms with Crippen molar-refractivity contribution in [1.29, 1.82) is 5.26 Å². The van der Waals surface area contributed by atoms with Gasteiger partial charge in [0.1, 0.15) is 5.81 Å². The summed E-state index contributed by atoms with van der Waals surface area (Å²) in [5.41, 5.74) is 0. The van der Waals surface area contributed by atoms with Gasteiger partial charge in [-0.3, -0.25) is 0 Å². The van der Waals surface area contributed by atoms with E-state index in [0.717, 1.165) is 25.7 Å². The monoisotopic (exact) mass is 187 g/mol. The smallest absolute Gasteiger partial charge is 0.181 e. The quantitative estimate of drug-likeness (QED) is 0.597. The zero-order valence-electron chi connectivity index (χ0n) is 8.05. The molecule has 0 saturated heterocycles. The lowest BCUT2D eigenvalue weighted by atomic mass is 10.4. The standard InChI is InChI=1S/C9H18NOP/c1-3-5-7-12(11,9-10)8-6-4-2/h3-8H2,1-2H3. The van der Waals surface area contributed by atoms with E-state index in [-0.39, 0.29) is 0 Å². The van der Waals surface area contributed by atoms with Crippen molar-refractivity contribution in [3.05, 3.63) is 0 Å². The van der Waals surface area contributed by atoms with Crippen molar-refractivity contribution in [2.24, 2.45) is 0 Å². The zero-order valence-corrected chi connectivity index (χ0v) is 8.94. The Balaban J connectivity index is 3.90. The van der Waals surface area contributed by atoms with Crippen LogP contribution in [-0.2, 0) is 4.57 Å². The van der Waals surface area contributed by atoms with Crippen molar-refractivity contribution >= 4 is 7.14 Å². The van der Waals surface area contributed by atoms with Crippen LogP contribution in [0.3, 0.4) is 0 Å². The second-order valence-corrected chi connectivity index (χ2v) is 6.02. The number of rotatable bonds is 6. The Bertz CT molecular complexity index is 183. The number of unbranched alkanes of at least 4 members (excludes halogenated alkanes) is 2. The molecule has 0 aliphatic heterocycles. The van der Waals surface area contributed by atoms with Crippen LogP contribution in [0.25, 0.3) is 0 Å². The van der Waals surface area contributed by atoms with Crippen LogP contribution < -0.4 is 0 Å². The van der Waals surface area contributed by atoms with Crippen LogP contribution in [0.5, 0.6) is 0 Å². The third-order valence-corrected chi connectivity index (χ3v) is 4.37. The second kappa shape index (κ2) is 6.26. The minimum atomic E-state index is -2.43. The maximum Gasteiger partial charge on any atom is 0.181 e. The Labute approximate surface area is 75.3 Å². The van der Waals surface area contributed by atoms with Gasteiger partial charge in [0.05, 0.1) is 0 Å². The molecule has 70 valence electrons. The molecule has 0 unspecified atom stereocenters. The highest BCUT2D eigenvalue weighted by Gasteiger charge is 2.19. The summed E-state index contributed by atoms with van der Waals surface area (Å²) >= 11 is 0. The predicted molar refractivity (Wildman–Crippen MR) is 52.8 cm³/mol. The van der Waals surface area contributed by atoms with Gasteiger partial charge in [-0.05, 0) is 12.8 Å². The average molecular weight is 187 g/mol. The molecule has 0 rings (SSSR count). The molecule has 0 radical (unpaired) electrons. The van der Waals surface area contributed by atoms with Crippen molar-refractivity contribution in [2.45, 2.75) is 39.5 Å². The van der Waals surface area contributed by atoms with E-state index in [9.17, 15) is 4.57 Å². The van der Waals surface area contributed by atoms with Gasteiger partial charge in [-0.15, -0.1) is 0 Å². The fourth-order valence-corrected chi connectivity index (χ4v) is 3.12. The second-order valence-electron chi connectivity index (χ2n) is 3.14. The molecule has 0 amide bonds. The first kappa shape index (κ1) is 11.7. The molecule has 0 heterocycles. The summed E-state index contributed by atoms with van der Waals surface area (Å²) in [7, 11) is -2.43. The summed E-state index contributed by atoms with van der Waals surface area (Å²) in [4.78, 5) is 0. The number of nitriles is 1. The van der Waals surface area contributed by atoms with Crippen LogP contribution in [0, 0.1) is 11.1 Å². The third kappa shape index (κ3) is 4.57. The van der Waals surface area contributed by atoms with Gasteiger partial charge < -0.3 is 4.57 Å². The Kier molecular flexibility index (Phi) is 6.11. The first-order valence-corrected chi connectivity index (χ1v) is 6.75. The maximum absolute atomic E-state index is 11.7. The lowest BCUT2D eigenvalue weighted by molar-refractivity contribution is 0.577. The topological polar surface area (TPSA) is 40.9 Å². The van der Waals surface area contributed by atoms with E-state index in [1.807, 2.05) is 5.81 Å². The first-order chi connectivity index (χ1) is 5.68. The Morgan fingerprint density at radius 1 is 1.17 bits per heavy atom. The minimum Gasteiger partial charge on any atom is -0.308 e. The van der Waals surface area contributed by atoms with Gasteiger partial charge in [-0.2, -0.15) is 5.26 Å². The lowest BCUT2D eigenvalue weighted by Crippen LogP contribution is -1.93. The van der Waals surface area contributed by atoms with Gasteiger partial charge in [-0.1, -0.05) is 26.7 Å².